The van der Waals surface area contributed by atoms with Gasteiger partial charge in [-0.2, -0.15) is 0 Å². The second kappa shape index (κ2) is 17.0. The highest BCUT2D eigenvalue weighted by molar-refractivity contribution is 5.85. The molecular weight excluding hydrogens is 675 g/mol. The van der Waals surface area contributed by atoms with Gasteiger partial charge in [-0.25, -0.2) is 0 Å². The summed E-state index contributed by atoms with van der Waals surface area (Å²) in [5.41, 5.74) is 15.8. The normalized spacial score (nSPS) is 13.9. The fourth-order valence-corrected chi connectivity index (χ4v) is 7.44. The Hall–Kier alpha value is -6.96. The molecular formula is C55H45N. The highest BCUT2D eigenvalue weighted by Crippen LogP contribution is 2.35. The number of hydrogen-bond acceptors (Lipinski definition) is 1. The molecule has 0 aromatic heterocycles. The van der Waals surface area contributed by atoms with Gasteiger partial charge >= 0.3 is 0 Å². The molecule has 0 bridgehead atoms. The van der Waals surface area contributed by atoms with E-state index in [1.54, 1.807) is 0 Å². The van der Waals surface area contributed by atoms with Gasteiger partial charge in [0.25, 0.3) is 0 Å². The Labute approximate surface area is 331 Å². The molecule has 0 saturated carbocycles. The number of benzene rings is 8. The lowest BCUT2D eigenvalue weighted by molar-refractivity contribution is 1.17. The summed E-state index contributed by atoms with van der Waals surface area (Å²) in [4.78, 5) is 2.25. The van der Waals surface area contributed by atoms with Gasteiger partial charge in [-0.1, -0.05) is 201 Å². The van der Waals surface area contributed by atoms with Crippen molar-refractivity contribution in [3.8, 4) is 22.3 Å². The second-order valence-corrected chi connectivity index (χ2v) is 14.3. The van der Waals surface area contributed by atoms with Crippen molar-refractivity contribution < 1.29 is 0 Å². The topological polar surface area (TPSA) is 3.24 Å². The minimum atomic E-state index is 0.838. The summed E-state index contributed by atoms with van der Waals surface area (Å²) >= 11 is 0. The molecule has 0 radical (unpaired) electrons. The number of para-hydroxylation sites is 2. The van der Waals surface area contributed by atoms with Gasteiger partial charge in [0.05, 0.1) is 0 Å². The summed E-state index contributed by atoms with van der Waals surface area (Å²) in [5, 5.41) is 2.68. The fraction of sp³-hybridized carbons (Fsp3) is 0.0545. The average molecular weight is 720 g/mol. The van der Waals surface area contributed by atoms with Crippen LogP contribution in [0.2, 0.25) is 0 Å². The number of aryl methyl sites for hydroxylation is 1. The van der Waals surface area contributed by atoms with Crippen LogP contribution >= 0.6 is 0 Å². The van der Waals surface area contributed by atoms with Crippen LogP contribution in [-0.2, 0) is 12.8 Å². The Bertz CT molecular complexity index is 2610. The first-order chi connectivity index (χ1) is 27.6. The first-order valence-corrected chi connectivity index (χ1v) is 19.4. The van der Waals surface area contributed by atoms with Gasteiger partial charge in [-0.15, -0.1) is 0 Å². The van der Waals surface area contributed by atoms with Crippen LogP contribution in [-0.4, -0.2) is 0 Å². The Balaban J connectivity index is 0.000000343. The maximum absolute atomic E-state index is 4.46. The third-order valence-electron chi connectivity index (χ3n) is 10.5. The fourth-order valence-electron chi connectivity index (χ4n) is 7.44. The molecule has 0 fully saturated rings. The number of fused-ring (bicyclic) bond motifs is 2. The first-order valence-electron chi connectivity index (χ1n) is 19.4. The van der Waals surface area contributed by atoms with E-state index in [0.29, 0.717) is 0 Å². The summed E-state index contributed by atoms with van der Waals surface area (Å²) < 4.78 is 0. The Kier molecular flexibility index (Phi) is 11.0. The standard InChI is InChI=1S/C44H35N.C11H10/c1-33-16-21-37(30-31-42-12-8-9-15-44(42)45(33)43-13-6-3-7-14-43)40-26-28-41(29-27-40)39-24-19-35(20-25-39)32-34-17-22-38(23-18-34)36-10-4-2-5-11-36;1-9-5-4-7-10-6-2-3-8-11(9)10/h2-30H,1,31-32H2;2-8H,1H3/b21-16-,37-30+;. The van der Waals surface area contributed by atoms with Gasteiger partial charge in [-0.3, -0.25) is 0 Å². The molecule has 0 atom stereocenters. The lowest BCUT2D eigenvalue weighted by Crippen LogP contribution is -2.15. The minimum absolute atomic E-state index is 0.838. The highest BCUT2D eigenvalue weighted by Gasteiger charge is 2.16. The van der Waals surface area contributed by atoms with Crippen molar-refractivity contribution in [2.24, 2.45) is 0 Å². The minimum Gasteiger partial charge on any atom is -0.311 e. The summed E-state index contributed by atoms with van der Waals surface area (Å²) in [5.74, 6) is 0. The van der Waals surface area contributed by atoms with Gasteiger partial charge in [-0.05, 0) is 110 Å². The van der Waals surface area contributed by atoms with Gasteiger partial charge in [0, 0.05) is 17.1 Å². The van der Waals surface area contributed by atoms with Gasteiger partial charge in [0.15, 0.2) is 0 Å². The van der Waals surface area contributed by atoms with Crippen molar-refractivity contribution in [3.63, 3.8) is 0 Å². The maximum atomic E-state index is 4.46. The summed E-state index contributed by atoms with van der Waals surface area (Å²) in [6.07, 6.45) is 8.41. The Morgan fingerprint density at radius 1 is 0.464 bits per heavy atom. The SMILES string of the molecule is C=C1/C=C\C(c2ccc(-c3ccc(Cc4ccc(-c5ccccc5)cc4)cc3)cc2)=C/Cc2ccccc2N1c1ccccc1.Cc1cccc2ccccc12. The molecule has 8 aromatic rings. The van der Waals surface area contributed by atoms with Gasteiger partial charge in [0.1, 0.15) is 0 Å². The van der Waals surface area contributed by atoms with Crippen LogP contribution in [0.3, 0.4) is 0 Å². The van der Waals surface area contributed by atoms with E-state index in [0.717, 1.165) is 24.2 Å². The Morgan fingerprint density at radius 2 is 0.982 bits per heavy atom. The van der Waals surface area contributed by atoms with Crippen molar-refractivity contribution in [2.75, 3.05) is 4.90 Å². The lowest BCUT2D eigenvalue weighted by Gasteiger charge is -2.27. The van der Waals surface area contributed by atoms with Crippen molar-refractivity contribution in [1.29, 1.82) is 0 Å². The number of hydrogen-bond donors (Lipinski definition) is 0. The van der Waals surface area contributed by atoms with Crippen LogP contribution in [0.5, 0.6) is 0 Å². The van der Waals surface area contributed by atoms with Crippen LogP contribution in [0, 0.1) is 6.92 Å². The highest BCUT2D eigenvalue weighted by atomic mass is 15.1. The predicted molar refractivity (Wildman–Crippen MR) is 240 cm³/mol. The summed E-state index contributed by atoms with van der Waals surface area (Å²) in [6.45, 7) is 6.60. The quantitative estimate of drug-likeness (QED) is 0.165. The summed E-state index contributed by atoms with van der Waals surface area (Å²) in [6, 6.07) is 71.3. The van der Waals surface area contributed by atoms with Crippen LogP contribution in [0.15, 0.2) is 231 Å². The molecule has 0 spiro atoms. The largest absolute Gasteiger partial charge is 0.311 e. The van der Waals surface area contributed by atoms with Crippen LogP contribution in [0.4, 0.5) is 11.4 Å². The van der Waals surface area contributed by atoms with Crippen LogP contribution in [0.25, 0.3) is 38.6 Å². The molecule has 0 saturated heterocycles. The molecule has 270 valence electrons. The molecule has 0 unspecified atom stereocenters. The monoisotopic (exact) mass is 719 g/mol. The van der Waals surface area contributed by atoms with Crippen molar-refractivity contribution in [2.45, 2.75) is 19.8 Å². The zero-order chi connectivity index (χ0) is 38.1. The molecule has 8 aromatic carbocycles. The van der Waals surface area contributed by atoms with E-state index >= 15 is 0 Å². The zero-order valence-corrected chi connectivity index (χ0v) is 31.9. The van der Waals surface area contributed by atoms with E-state index < -0.39 is 0 Å². The van der Waals surface area contributed by atoms with E-state index in [-0.39, 0.29) is 0 Å². The van der Waals surface area contributed by atoms with E-state index in [9.17, 15) is 0 Å². The van der Waals surface area contributed by atoms with Gasteiger partial charge < -0.3 is 4.90 Å². The first kappa shape index (κ1) is 36.0. The van der Waals surface area contributed by atoms with E-state index in [1.807, 2.05) is 6.07 Å². The zero-order valence-electron chi connectivity index (χ0n) is 31.9. The molecule has 0 amide bonds. The van der Waals surface area contributed by atoms with Crippen molar-refractivity contribution >= 4 is 27.7 Å². The summed E-state index contributed by atoms with van der Waals surface area (Å²) in [7, 11) is 0. The molecule has 1 heteroatoms. The number of rotatable bonds is 6. The molecule has 56 heavy (non-hydrogen) atoms. The number of nitrogens with zero attached hydrogens (tertiary/aromatic N) is 1. The molecule has 0 N–H and O–H groups in total. The Morgan fingerprint density at radius 3 is 1.64 bits per heavy atom. The third-order valence-corrected chi connectivity index (χ3v) is 10.5. The number of allylic oxidation sites excluding steroid dienone is 4. The molecule has 1 aliphatic rings. The second-order valence-electron chi connectivity index (χ2n) is 14.3. The predicted octanol–water partition coefficient (Wildman–Crippen LogP) is 14.6. The molecule has 1 aliphatic heterocycles. The number of anilines is 2. The third kappa shape index (κ3) is 8.39. The van der Waals surface area contributed by atoms with Gasteiger partial charge in [0.2, 0.25) is 0 Å². The molecule has 9 rings (SSSR count). The van der Waals surface area contributed by atoms with E-state index in [2.05, 4.69) is 231 Å². The molecule has 1 heterocycles. The smallest absolute Gasteiger partial charge is 0.0496 e. The van der Waals surface area contributed by atoms with Crippen molar-refractivity contribution in [1.82, 2.24) is 0 Å². The molecule has 1 nitrogen and oxygen atoms in total. The molecule has 0 aliphatic carbocycles. The van der Waals surface area contributed by atoms with Crippen molar-refractivity contribution in [3.05, 3.63) is 259 Å². The average Bonchev–Trinajstić information content (AvgIpc) is 3.33. The maximum Gasteiger partial charge on any atom is 0.0496 e. The van der Waals surface area contributed by atoms with Crippen LogP contribution < -0.4 is 4.90 Å². The van der Waals surface area contributed by atoms with E-state index in [1.165, 1.54) is 72.1 Å². The van der Waals surface area contributed by atoms with E-state index in [4.69, 9.17) is 0 Å². The van der Waals surface area contributed by atoms with Crippen LogP contribution in [0.1, 0.15) is 27.8 Å². The lowest BCUT2D eigenvalue weighted by atomic mass is 9.96.